The van der Waals surface area contributed by atoms with Gasteiger partial charge in [0.05, 0.1) is 33.2 Å². The number of benzene rings is 2. The predicted octanol–water partition coefficient (Wildman–Crippen LogP) is 3.91. The van der Waals surface area contributed by atoms with E-state index in [0.29, 0.717) is 17.9 Å². The average molecular weight is 470 g/mol. The second-order valence-corrected chi connectivity index (χ2v) is 8.67. The van der Waals surface area contributed by atoms with Gasteiger partial charge in [0, 0.05) is 24.4 Å². The van der Waals surface area contributed by atoms with Crippen molar-refractivity contribution in [2.75, 3.05) is 39.7 Å². The third-order valence-electron chi connectivity index (χ3n) is 5.28. The van der Waals surface area contributed by atoms with Crippen molar-refractivity contribution in [3.63, 3.8) is 0 Å². The molecule has 3 aromatic rings. The molecule has 0 atom stereocenters. The second kappa shape index (κ2) is 10.9. The van der Waals surface area contributed by atoms with Crippen molar-refractivity contribution >= 4 is 30.2 Å². The molecule has 0 N–H and O–H groups in total. The molecule has 2 aromatic carbocycles. The van der Waals surface area contributed by atoms with Crippen LogP contribution in [0.2, 0.25) is 0 Å². The van der Waals surface area contributed by atoms with Crippen molar-refractivity contribution < 1.29 is 9.47 Å². The molecule has 0 spiro atoms. The van der Waals surface area contributed by atoms with E-state index in [4.69, 9.17) is 31.9 Å². The highest BCUT2D eigenvalue weighted by molar-refractivity contribution is 7.98. The van der Waals surface area contributed by atoms with Gasteiger partial charge in [-0.3, -0.25) is 4.90 Å². The molecule has 0 amide bonds. The van der Waals surface area contributed by atoms with Crippen LogP contribution in [0.5, 0.6) is 5.75 Å². The van der Waals surface area contributed by atoms with E-state index in [2.05, 4.69) is 35.4 Å². The minimum atomic E-state index is 0.581. The molecule has 0 radical (unpaired) electrons. The lowest BCUT2D eigenvalue weighted by Gasteiger charge is -2.25. The fourth-order valence-corrected chi connectivity index (χ4v) is 4.09. The lowest BCUT2D eigenvalue weighted by Crippen LogP contribution is -2.37. The summed E-state index contributed by atoms with van der Waals surface area (Å²) in [5.74, 6) is 1.62. The maximum atomic E-state index is 5.76. The molecule has 168 valence electrons. The molecule has 4 rings (SSSR count). The Balaban J connectivity index is 1.62. The number of morpholine rings is 1. The lowest BCUT2D eigenvalue weighted by molar-refractivity contribution is 0.0209. The molecule has 1 fully saturated rings. The summed E-state index contributed by atoms with van der Waals surface area (Å²) < 4.78 is 14.9. The smallest absolute Gasteiger partial charge is 0.220 e. The number of hydrogen-bond acceptors (Lipinski definition) is 7. The van der Waals surface area contributed by atoms with Gasteiger partial charge in [0.2, 0.25) is 4.77 Å². The minimum Gasteiger partial charge on any atom is -0.497 e. The SMILES string of the molecule is COc1ccc(/C=N/n2c(Cc3ccc(SC)cc3)nn(CN3CCOCC3)c2=S)cc1. The summed E-state index contributed by atoms with van der Waals surface area (Å²) in [4.78, 5) is 3.53. The summed E-state index contributed by atoms with van der Waals surface area (Å²) in [5.41, 5.74) is 2.13. The van der Waals surface area contributed by atoms with Crippen LogP contribution in [-0.4, -0.2) is 65.2 Å². The Labute approximate surface area is 197 Å². The Morgan fingerprint density at radius 2 is 1.84 bits per heavy atom. The molecule has 0 unspecified atom stereocenters. The molecule has 1 aliphatic heterocycles. The number of hydrogen-bond donors (Lipinski definition) is 0. The molecular formula is C23H27N5O2S2. The van der Waals surface area contributed by atoms with Crippen LogP contribution in [0.4, 0.5) is 0 Å². The summed E-state index contributed by atoms with van der Waals surface area (Å²) in [6.45, 7) is 3.84. The number of thioether (sulfide) groups is 1. The van der Waals surface area contributed by atoms with Gasteiger partial charge in [-0.2, -0.15) is 14.9 Å². The zero-order valence-corrected chi connectivity index (χ0v) is 19.9. The first kappa shape index (κ1) is 22.7. The summed E-state index contributed by atoms with van der Waals surface area (Å²) in [7, 11) is 1.66. The summed E-state index contributed by atoms with van der Waals surface area (Å²) in [6.07, 6.45) is 4.53. The first-order valence-corrected chi connectivity index (χ1v) is 12.1. The van der Waals surface area contributed by atoms with E-state index >= 15 is 0 Å². The average Bonchev–Trinajstić information content (AvgIpc) is 3.12. The Morgan fingerprint density at radius 1 is 1.12 bits per heavy atom. The van der Waals surface area contributed by atoms with Crippen molar-refractivity contribution in [1.82, 2.24) is 19.4 Å². The molecule has 0 aliphatic carbocycles. The molecule has 2 heterocycles. The maximum absolute atomic E-state index is 5.76. The minimum absolute atomic E-state index is 0.581. The molecule has 1 aromatic heterocycles. The Bertz CT molecular complexity index is 1100. The van der Waals surface area contributed by atoms with Gasteiger partial charge in [-0.15, -0.1) is 11.8 Å². The van der Waals surface area contributed by atoms with Gasteiger partial charge >= 0.3 is 0 Å². The fraction of sp³-hybridized carbons (Fsp3) is 0.348. The van der Waals surface area contributed by atoms with Crippen molar-refractivity contribution in [1.29, 1.82) is 0 Å². The predicted molar refractivity (Wildman–Crippen MR) is 130 cm³/mol. The van der Waals surface area contributed by atoms with Gasteiger partial charge in [0.15, 0.2) is 5.82 Å². The third kappa shape index (κ3) is 5.66. The molecule has 1 aliphatic rings. The van der Waals surface area contributed by atoms with E-state index in [1.54, 1.807) is 29.8 Å². The molecule has 9 heteroatoms. The van der Waals surface area contributed by atoms with Crippen LogP contribution in [0.15, 0.2) is 58.5 Å². The largest absolute Gasteiger partial charge is 0.497 e. The number of aromatic nitrogens is 3. The van der Waals surface area contributed by atoms with E-state index < -0.39 is 0 Å². The van der Waals surface area contributed by atoms with E-state index in [-0.39, 0.29) is 0 Å². The fourth-order valence-electron chi connectivity index (χ4n) is 3.43. The second-order valence-electron chi connectivity index (χ2n) is 7.42. The highest BCUT2D eigenvalue weighted by atomic mass is 32.2. The number of methoxy groups -OCH3 is 1. The molecular weight excluding hydrogens is 442 g/mol. The summed E-state index contributed by atoms with van der Waals surface area (Å²) in [5, 5.41) is 9.53. The lowest BCUT2D eigenvalue weighted by atomic mass is 10.1. The quantitative estimate of drug-likeness (QED) is 0.283. The molecule has 1 saturated heterocycles. The zero-order valence-electron chi connectivity index (χ0n) is 18.3. The number of ether oxygens (including phenoxy) is 2. The van der Waals surface area contributed by atoms with Gasteiger partial charge in [-0.05, 0) is 66.0 Å². The van der Waals surface area contributed by atoms with Gasteiger partial charge in [0.1, 0.15) is 5.75 Å². The van der Waals surface area contributed by atoms with Crippen molar-refractivity contribution in [3.8, 4) is 5.75 Å². The highest BCUT2D eigenvalue weighted by Crippen LogP contribution is 2.17. The zero-order chi connectivity index (χ0) is 22.3. The molecule has 7 nitrogen and oxygen atoms in total. The Hall–Kier alpha value is -2.46. The first-order chi connectivity index (χ1) is 15.7. The van der Waals surface area contributed by atoms with Crippen molar-refractivity contribution in [2.24, 2.45) is 5.10 Å². The van der Waals surface area contributed by atoms with Gasteiger partial charge in [-0.25, -0.2) is 4.68 Å². The van der Waals surface area contributed by atoms with Gasteiger partial charge in [0.25, 0.3) is 0 Å². The Morgan fingerprint density at radius 3 is 2.50 bits per heavy atom. The summed E-state index contributed by atoms with van der Waals surface area (Å²) in [6, 6.07) is 16.3. The maximum Gasteiger partial charge on any atom is 0.220 e. The van der Waals surface area contributed by atoms with E-state index in [1.807, 2.05) is 28.9 Å². The van der Waals surface area contributed by atoms with Crippen LogP contribution >= 0.6 is 24.0 Å². The summed E-state index contributed by atoms with van der Waals surface area (Å²) >= 11 is 7.49. The van der Waals surface area contributed by atoms with Crippen LogP contribution in [0.1, 0.15) is 17.0 Å². The van der Waals surface area contributed by atoms with E-state index in [9.17, 15) is 0 Å². The van der Waals surface area contributed by atoms with Gasteiger partial charge in [-0.1, -0.05) is 12.1 Å². The van der Waals surface area contributed by atoms with E-state index in [1.165, 1.54) is 10.5 Å². The molecule has 0 bridgehead atoms. The van der Waals surface area contributed by atoms with Crippen LogP contribution < -0.4 is 4.74 Å². The normalized spacial score (nSPS) is 14.8. The van der Waals surface area contributed by atoms with Crippen LogP contribution in [0.25, 0.3) is 0 Å². The highest BCUT2D eigenvalue weighted by Gasteiger charge is 2.16. The topological polar surface area (TPSA) is 56.8 Å². The van der Waals surface area contributed by atoms with Crippen LogP contribution in [-0.2, 0) is 17.8 Å². The van der Waals surface area contributed by atoms with Gasteiger partial charge < -0.3 is 9.47 Å². The number of nitrogens with zero attached hydrogens (tertiary/aromatic N) is 5. The number of rotatable bonds is 8. The molecule has 0 saturated carbocycles. The van der Waals surface area contributed by atoms with Crippen LogP contribution in [0.3, 0.4) is 0 Å². The molecule has 32 heavy (non-hydrogen) atoms. The Kier molecular flexibility index (Phi) is 7.75. The van der Waals surface area contributed by atoms with Crippen molar-refractivity contribution in [2.45, 2.75) is 18.0 Å². The monoisotopic (exact) mass is 469 g/mol. The van der Waals surface area contributed by atoms with E-state index in [0.717, 1.165) is 43.4 Å². The van der Waals surface area contributed by atoms with Crippen molar-refractivity contribution in [3.05, 3.63) is 70.3 Å². The van der Waals surface area contributed by atoms with Crippen LogP contribution in [0, 0.1) is 4.77 Å². The standard InChI is InChI=1S/C23H27N5O2S2/c1-29-20-7-3-19(4-8-20)16-24-28-22(15-18-5-9-21(32-2)10-6-18)25-27(23(28)31)17-26-11-13-30-14-12-26/h3-10,16H,11-15,17H2,1-2H3/b24-16+. The third-order valence-corrected chi connectivity index (χ3v) is 6.41. The first-order valence-electron chi connectivity index (χ1n) is 10.5.